The first kappa shape index (κ1) is 16.7. The molecule has 0 amide bonds. The Morgan fingerprint density at radius 1 is 1.13 bits per heavy atom. The van der Waals surface area contributed by atoms with Crippen molar-refractivity contribution in [2.75, 3.05) is 10.7 Å². The molecule has 2 rings (SSSR count). The Balaban J connectivity index is 1.94. The number of para-hydroxylation sites is 2. The van der Waals surface area contributed by atoms with Crippen molar-refractivity contribution < 1.29 is 4.92 Å². The fraction of sp³-hybridized carbons (Fsp3) is 0.188. The predicted octanol–water partition coefficient (Wildman–Crippen LogP) is 4.03. The number of thiocarbonyl (C=S) groups is 1. The first-order valence-electron chi connectivity index (χ1n) is 7.13. The molecule has 0 radical (unpaired) electrons. The highest BCUT2D eigenvalue weighted by atomic mass is 32.1. The van der Waals surface area contributed by atoms with Crippen molar-refractivity contribution in [1.82, 2.24) is 5.43 Å². The minimum absolute atomic E-state index is 0.0240. The van der Waals surface area contributed by atoms with E-state index in [0.29, 0.717) is 16.7 Å². The summed E-state index contributed by atoms with van der Waals surface area (Å²) >= 11 is 5.17. The van der Waals surface area contributed by atoms with E-state index >= 15 is 0 Å². The second-order valence-electron chi connectivity index (χ2n) is 5.26. The molecule has 2 aromatic carbocycles. The minimum atomic E-state index is -0.453. The average molecular weight is 330 g/mol. The van der Waals surface area contributed by atoms with E-state index in [0.717, 1.165) is 5.69 Å². The monoisotopic (exact) mass is 330 g/mol. The number of nitro groups is 1. The van der Waals surface area contributed by atoms with Crippen molar-refractivity contribution in [1.29, 1.82) is 0 Å². The van der Waals surface area contributed by atoms with Crippen LogP contribution in [0.5, 0.6) is 0 Å². The number of benzene rings is 2. The van der Waals surface area contributed by atoms with Gasteiger partial charge in [-0.2, -0.15) is 0 Å². The zero-order valence-corrected chi connectivity index (χ0v) is 13.7. The third kappa shape index (κ3) is 4.65. The van der Waals surface area contributed by atoms with Crippen molar-refractivity contribution >= 4 is 34.4 Å². The lowest BCUT2D eigenvalue weighted by molar-refractivity contribution is -0.384. The maximum Gasteiger partial charge on any atom is 0.294 e. The van der Waals surface area contributed by atoms with Gasteiger partial charge in [-0.15, -0.1) is 0 Å². The summed E-state index contributed by atoms with van der Waals surface area (Å²) in [6, 6.07) is 14.3. The van der Waals surface area contributed by atoms with Gasteiger partial charge in [0.05, 0.1) is 4.92 Å². The molecule has 3 N–H and O–H groups in total. The Morgan fingerprint density at radius 2 is 1.78 bits per heavy atom. The summed E-state index contributed by atoms with van der Waals surface area (Å²) in [4.78, 5) is 10.5. The Bertz CT molecular complexity index is 701. The van der Waals surface area contributed by atoms with Crippen molar-refractivity contribution in [3.8, 4) is 0 Å². The molecule has 0 bridgehead atoms. The van der Waals surface area contributed by atoms with Crippen molar-refractivity contribution in [3.63, 3.8) is 0 Å². The fourth-order valence-corrected chi connectivity index (χ4v) is 2.15. The molecule has 0 aliphatic rings. The van der Waals surface area contributed by atoms with E-state index in [-0.39, 0.29) is 5.69 Å². The standard InChI is InChI=1S/C16H18N4O2S/c1-11(2)12-7-9-13(10-8-12)17-16(23)19-18-14-5-3-4-6-15(14)20(21)22/h3-11,18H,1-2H3,(H2,17,19,23). The summed E-state index contributed by atoms with van der Waals surface area (Å²) in [5.41, 5.74) is 7.90. The normalized spacial score (nSPS) is 10.2. The molecule has 7 heteroatoms. The topological polar surface area (TPSA) is 79.2 Å². The largest absolute Gasteiger partial charge is 0.331 e. The zero-order chi connectivity index (χ0) is 16.8. The van der Waals surface area contributed by atoms with E-state index in [1.807, 2.05) is 24.3 Å². The molecule has 0 aromatic heterocycles. The highest BCUT2D eigenvalue weighted by molar-refractivity contribution is 7.80. The molecule has 0 atom stereocenters. The first-order valence-corrected chi connectivity index (χ1v) is 7.54. The van der Waals surface area contributed by atoms with Crippen LogP contribution in [-0.2, 0) is 0 Å². The molecule has 0 aliphatic heterocycles. The van der Waals surface area contributed by atoms with Gasteiger partial charge in [-0.1, -0.05) is 38.1 Å². The van der Waals surface area contributed by atoms with Gasteiger partial charge in [-0.25, -0.2) is 0 Å². The maximum atomic E-state index is 10.9. The molecule has 0 spiro atoms. The van der Waals surface area contributed by atoms with Crippen molar-refractivity contribution in [2.45, 2.75) is 19.8 Å². The lowest BCUT2D eigenvalue weighted by atomic mass is 10.0. The van der Waals surface area contributed by atoms with E-state index in [4.69, 9.17) is 12.2 Å². The molecular formula is C16H18N4O2S. The molecule has 0 fully saturated rings. The summed E-state index contributed by atoms with van der Waals surface area (Å²) in [6.45, 7) is 4.26. The van der Waals surface area contributed by atoms with Crippen LogP contribution in [0.2, 0.25) is 0 Å². The van der Waals surface area contributed by atoms with E-state index < -0.39 is 4.92 Å². The van der Waals surface area contributed by atoms with Gasteiger partial charge in [0.15, 0.2) is 5.11 Å². The van der Waals surface area contributed by atoms with Gasteiger partial charge in [0.1, 0.15) is 5.69 Å². The Hall–Kier alpha value is -2.67. The summed E-state index contributed by atoms with van der Waals surface area (Å²) in [5.74, 6) is 0.467. The number of hydrogen-bond acceptors (Lipinski definition) is 4. The number of nitro benzene ring substituents is 1. The second kappa shape index (κ2) is 7.55. The average Bonchev–Trinajstić information content (AvgIpc) is 2.53. The number of hydrazine groups is 1. The minimum Gasteiger partial charge on any atom is -0.331 e. The summed E-state index contributed by atoms with van der Waals surface area (Å²) < 4.78 is 0. The van der Waals surface area contributed by atoms with Crippen LogP contribution in [0.25, 0.3) is 0 Å². The van der Waals surface area contributed by atoms with Gasteiger partial charge in [-0.3, -0.25) is 21.0 Å². The SMILES string of the molecule is CC(C)c1ccc(NC(=S)NNc2ccccc2[N+](=O)[O-])cc1. The highest BCUT2D eigenvalue weighted by Crippen LogP contribution is 2.22. The Morgan fingerprint density at radius 3 is 2.39 bits per heavy atom. The van der Waals surface area contributed by atoms with E-state index in [1.165, 1.54) is 11.6 Å². The molecular weight excluding hydrogens is 312 g/mol. The summed E-state index contributed by atoms with van der Waals surface area (Å²) in [6.07, 6.45) is 0. The molecule has 6 nitrogen and oxygen atoms in total. The van der Waals surface area contributed by atoms with Crippen LogP contribution in [0, 0.1) is 10.1 Å². The van der Waals surface area contributed by atoms with E-state index in [9.17, 15) is 10.1 Å². The maximum absolute atomic E-state index is 10.9. The molecule has 23 heavy (non-hydrogen) atoms. The first-order chi connectivity index (χ1) is 11.0. The number of nitrogens with zero attached hydrogens (tertiary/aromatic N) is 1. The molecule has 120 valence electrons. The van der Waals surface area contributed by atoms with Crippen molar-refractivity contribution in [2.24, 2.45) is 0 Å². The highest BCUT2D eigenvalue weighted by Gasteiger charge is 2.11. The van der Waals surface area contributed by atoms with Crippen LogP contribution in [-0.4, -0.2) is 10.0 Å². The van der Waals surface area contributed by atoms with Crippen LogP contribution >= 0.6 is 12.2 Å². The van der Waals surface area contributed by atoms with Gasteiger partial charge in [0.25, 0.3) is 5.69 Å². The quantitative estimate of drug-likeness (QED) is 0.436. The van der Waals surface area contributed by atoms with Crippen LogP contribution in [0.15, 0.2) is 48.5 Å². The number of anilines is 2. The lowest BCUT2D eigenvalue weighted by Gasteiger charge is -2.13. The molecule has 2 aromatic rings. The van der Waals surface area contributed by atoms with Gasteiger partial charge >= 0.3 is 0 Å². The number of hydrogen-bond donors (Lipinski definition) is 3. The van der Waals surface area contributed by atoms with Crippen molar-refractivity contribution in [3.05, 3.63) is 64.2 Å². The van der Waals surface area contributed by atoms with Gasteiger partial charge in [0, 0.05) is 11.8 Å². The van der Waals surface area contributed by atoms with Crippen LogP contribution in [0.3, 0.4) is 0 Å². The van der Waals surface area contributed by atoms with E-state index in [2.05, 4.69) is 30.0 Å². The van der Waals surface area contributed by atoms with Gasteiger partial charge in [0.2, 0.25) is 0 Å². The molecule has 0 saturated carbocycles. The lowest BCUT2D eigenvalue weighted by Crippen LogP contribution is -2.33. The van der Waals surface area contributed by atoms with Gasteiger partial charge < -0.3 is 5.32 Å². The molecule has 0 saturated heterocycles. The second-order valence-corrected chi connectivity index (χ2v) is 5.66. The number of nitrogens with one attached hydrogen (secondary N) is 3. The Kier molecular flexibility index (Phi) is 5.48. The Labute approximate surface area is 140 Å². The van der Waals surface area contributed by atoms with Gasteiger partial charge in [-0.05, 0) is 41.9 Å². The van der Waals surface area contributed by atoms with Crippen LogP contribution in [0.1, 0.15) is 25.3 Å². The number of rotatable bonds is 5. The van der Waals surface area contributed by atoms with Crippen LogP contribution < -0.4 is 16.2 Å². The van der Waals surface area contributed by atoms with Crippen LogP contribution in [0.4, 0.5) is 17.1 Å². The van der Waals surface area contributed by atoms with E-state index in [1.54, 1.807) is 18.2 Å². The summed E-state index contributed by atoms with van der Waals surface area (Å²) in [7, 11) is 0. The smallest absolute Gasteiger partial charge is 0.294 e. The fourth-order valence-electron chi connectivity index (χ4n) is 1.98. The third-order valence-corrected chi connectivity index (χ3v) is 3.45. The zero-order valence-electron chi connectivity index (χ0n) is 12.9. The molecule has 0 aliphatic carbocycles. The third-order valence-electron chi connectivity index (χ3n) is 3.25. The molecule has 0 heterocycles. The summed E-state index contributed by atoms with van der Waals surface area (Å²) in [5, 5.41) is 14.3. The molecule has 0 unspecified atom stereocenters. The predicted molar refractivity (Wildman–Crippen MR) is 96.6 cm³/mol.